The van der Waals surface area contributed by atoms with E-state index in [1.807, 2.05) is 6.07 Å². The maximum absolute atomic E-state index is 13.9. The molecule has 0 radical (unpaired) electrons. The van der Waals surface area contributed by atoms with E-state index in [1.54, 1.807) is 12.1 Å². The Labute approximate surface area is 108 Å². The smallest absolute Gasteiger partial charge is 0.195 e. The number of benzene rings is 2. The number of hydrogen-bond acceptors (Lipinski definition) is 1. The molecule has 0 spiro atoms. The van der Waals surface area contributed by atoms with Crippen LogP contribution in [0.1, 0.15) is 23.6 Å². The molecule has 98 valence electrons. The maximum Gasteiger partial charge on any atom is 0.195 e. The molecule has 2 aromatic carbocycles. The molecular weight excluding hydrogens is 251 g/mol. The highest BCUT2D eigenvalue weighted by atomic mass is 19.2. The Balaban J connectivity index is 2.22. The van der Waals surface area contributed by atoms with E-state index in [4.69, 9.17) is 5.73 Å². The van der Waals surface area contributed by atoms with Crippen molar-refractivity contribution < 1.29 is 13.2 Å². The molecule has 3 rings (SSSR count). The van der Waals surface area contributed by atoms with Crippen molar-refractivity contribution in [2.45, 2.75) is 18.9 Å². The van der Waals surface area contributed by atoms with Crippen LogP contribution in [0, 0.1) is 17.5 Å². The summed E-state index contributed by atoms with van der Waals surface area (Å²) in [6, 6.07) is 7.53. The van der Waals surface area contributed by atoms with E-state index in [2.05, 4.69) is 0 Å². The Kier molecular flexibility index (Phi) is 2.82. The molecule has 1 atom stereocenters. The van der Waals surface area contributed by atoms with Crippen LogP contribution in [0.15, 0.2) is 30.3 Å². The molecule has 1 aliphatic carbocycles. The zero-order valence-electron chi connectivity index (χ0n) is 10.1. The molecule has 1 unspecified atom stereocenters. The fraction of sp³-hybridized carbons (Fsp3) is 0.200. The van der Waals surface area contributed by atoms with Crippen LogP contribution >= 0.6 is 0 Å². The molecule has 19 heavy (non-hydrogen) atoms. The van der Waals surface area contributed by atoms with Gasteiger partial charge in [-0.25, -0.2) is 13.2 Å². The molecule has 0 heterocycles. The molecule has 0 bridgehead atoms. The molecule has 4 heteroatoms. The van der Waals surface area contributed by atoms with Crippen LogP contribution in [0.4, 0.5) is 13.2 Å². The van der Waals surface area contributed by atoms with E-state index in [0.29, 0.717) is 5.56 Å². The van der Waals surface area contributed by atoms with Gasteiger partial charge in [-0.1, -0.05) is 18.2 Å². The van der Waals surface area contributed by atoms with Crippen molar-refractivity contribution in [2.75, 3.05) is 0 Å². The van der Waals surface area contributed by atoms with Gasteiger partial charge in [0.05, 0.1) is 0 Å². The van der Waals surface area contributed by atoms with Crippen molar-refractivity contribution in [3.8, 4) is 11.1 Å². The second-order valence-electron chi connectivity index (χ2n) is 4.74. The Morgan fingerprint density at radius 3 is 2.53 bits per heavy atom. The molecule has 0 fully saturated rings. The number of halogens is 3. The standard InChI is InChI=1S/C15H12F3N/c16-12-6-4-11(14(17)15(12)18)8-2-1-3-10-9(8)5-7-13(10)19/h1-4,6,13H,5,7,19H2. The van der Waals surface area contributed by atoms with Gasteiger partial charge in [0, 0.05) is 11.6 Å². The zero-order valence-corrected chi connectivity index (χ0v) is 10.1. The first kappa shape index (κ1) is 12.2. The lowest BCUT2D eigenvalue weighted by Gasteiger charge is -2.11. The van der Waals surface area contributed by atoms with Crippen LogP contribution in [0.25, 0.3) is 11.1 Å². The largest absolute Gasteiger partial charge is 0.324 e. The summed E-state index contributed by atoms with van der Waals surface area (Å²) in [6.07, 6.45) is 1.52. The van der Waals surface area contributed by atoms with Crippen LogP contribution in [0.5, 0.6) is 0 Å². The third kappa shape index (κ3) is 1.83. The highest BCUT2D eigenvalue weighted by molar-refractivity contribution is 5.70. The van der Waals surface area contributed by atoms with E-state index < -0.39 is 17.5 Å². The van der Waals surface area contributed by atoms with Crippen LogP contribution < -0.4 is 5.73 Å². The van der Waals surface area contributed by atoms with Crippen molar-refractivity contribution in [2.24, 2.45) is 5.73 Å². The molecule has 0 aromatic heterocycles. The van der Waals surface area contributed by atoms with Crippen molar-refractivity contribution in [1.29, 1.82) is 0 Å². The minimum Gasteiger partial charge on any atom is -0.324 e. The van der Waals surface area contributed by atoms with Gasteiger partial charge in [-0.15, -0.1) is 0 Å². The summed E-state index contributed by atoms with van der Waals surface area (Å²) in [6.45, 7) is 0. The Hall–Kier alpha value is -1.81. The third-order valence-corrected chi connectivity index (χ3v) is 3.64. The second-order valence-corrected chi connectivity index (χ2v) is 4.74. The van der Waals surface area contributed by atoms with Gasteiger partial charge in [0.2, 0.25) is 0 Å². The Morgan fingerprint density at radius 2 is 1.74 bits per heavy atom. The van der Waals surface area contributed by atoms with E-state index in [-0.39, 0.29) is 11.6 Å². The van der Waals surface area contributed by atoms with Gasteiger partial charge in [-0.2, -0.15) is 0 Å². The summed E-state index contributed by atoms with van der Waals surface area (Å²) < 4.78 is 40.2. The zero-order chi connectivity index (χ0) is 13.6. The van der Waals surface area contributed by atoms with Gasteiger partial charge < -0.3 is 5.73 Å². The SMILES string of the molecule is NC1CCc2c(-c3ccc(F)c(F)c3F)cccc21. The molecule has 2 N–H and O–H groups in total. The van der Waals surface area contributed by atoms with Gasteiger partial charge in [-0.3, -0.25) is 0 Å². The summed E-state index contributed by atoms with van der Waals surface area (Å²) in [4.78, 5) is 0. The molecule has 0 aliphatic heterocycles. The average molecular weight is 263 g/mol. The van der Waals surface area contributed by atoms with Crippen LogP contribution in [-0.4, -0.2) is 0 Å². The predicted molar refractivity (Wildman–Crippen MR) is 67.0 cm³/mol. The van der Waals surface area contributed by atoms with Crippen molar-refractivity contribution in [3.63, 3.8) is 0 Å². The Bertz CT molecular complexity index is 652. The first-order valence-corrected chi connectivity index (χ1v) is 6.11. The molecule has 2 aromatic rings. The van der Waals surface area contributed by atoms with Gasteiger partial charge in [0.1, 0.15) is 0 Å². The molecule has 1 nitrogen and oxygen atoms in total. The van der Waals surface area contributed by atoms with E-state index in [0.717, 1.165) is 30.0 Å². The lowest BCUT2D eigenvalue weighted by molar-refractivity contribution is 0.449. The fourth-order valence-electron chi connectivity index (χ4n) is 2.67. The van der Waals surface area contributed by atoms with E-state index in [9.17, 15) is 13.2 Å². The topological polar surface area (TPSA) is 26.0 Å². The summed E-state index contributed by atoms with van der Waals surface area (Å²) in [5, 5.41) is 0. The van der Waals surface area contributed by atoms with Gasteiger partial charge in [0.25, 0.3) is 0 Å². The normalized spacial score (nSPS) is 17.6. The summed E-state index contributed by atoms with van der Waals surface area (Å²) in [5.41, 5.74) is 8.53. The van der Waals surface area contributed by atoms with E-state index >= 15 is 0 Å². The van der Waals surface area contributed by atoms with Crippen LogP contribution in [-0.2, 0) is 6.42 Å². The highest BCUT2D eigenvalue weighted by Crippen LogP contribution is 2.37. The number of rotatable bonds is 1. The van der Waals surface area contributed by atoms with Crippen LogP contribution in [0.3, 0.4) is 0 Å². The van der Waals surface area contributed by atoms with Crippen molar-refractivity contribution in [1.82, 2.24) is 0 Å². The summed E-state index contributed by atoms with van der Waals surface area (Å²) in [7, 11) is 0. The number of fused-ring (bicyclic) bond motifs is 1. The molecule has 0 saturated carbocycles. The monoisotopic (exact) mass is 263 g/mol. The minimum atomic E-state index is -1.43. The van der Waals surface area contributed by atoms with Gasteiger partial charge in [0.15, 0.2) is 17.5 Å². The molecule has 0 amide bonds. The van der Waals surface area contributed by atoms with Crippen molar-refractivity contribution in [3.05, 3.63) is 58.9 Å². The van der Waals surface area contributed by atoms with E-state index in [1.165, 1.54) is 6.07 Å². The molecule has 0 saturated heterocycles. The first-order valence-electron chi connectivity index (χ1n) is 6.11. The number of nitrogens with two attached hydrogens (primary N) is 1. The summed E-state index contributed by atoms with van der Waals surface area (Å²) >= 11 is 0. The van der Waals surface area contributed by atoms with Gasteiger partial charge in [-0.05, 0) is 41.7 Å². The average Bonchev–Trinajstić information content (AvgIpc) is 2.79. The van der Waals surface area contributed by atoms with Crippen molar-refractivity contribution >= 4 is 0 Å². The highest BCUT2D eigenvalue weighted by Gasteiger charge is 2.24. The predicted octanol–water partition coefficient (Wildman–Crippen LogP) is 3.72. The van der Waals surface area contributed by atoms with Crippen LogP contribution in [0.2, 0.25) is 0 Å². The second kappa shape index (κ2) is 4.38. The van der Waals surface area contributed by atoms with Gasteiger partial charge >= 0.3 is 0 Å². The fourth-order valence-corrected chi connectivity index (χ4v) is 2.67. The lowest BCUT2D eigenvalue weighted by Crippen LogP contribution is -2.05. The minimum absolute atomic E-state index is 0.0664. The first-order chi connectivity index (χ1) is 9.09. The lowest BCUT2D eigenvalue weighted by atomic mass is 9.96. The number of hydrogen-bond donors (Lipinski definition) is 1. The quantitative estimate of drug-likeness (QED) is 0.780. The Morgan fingerprint density at radius 1 is 0.947 bits per heavy atom. The molecule has 1 aliphatic rings. The summed E-state index contributed by atoms with van der Waals surface area (Å²) in [5.74, 6) is -3.75. The maximum atomic E-state index is 13.9. The molecular formula is C15H12F3N. The third-order valence-electron chi connectivity index (χ3n) is 3.64.